The monoisotopic (exact) mass is 482 g/mol. The number of amides is 1. The Morgan fingerprint density at radius 1 is 1.19 bits per heavy atom. The highest BCUT2D eigenvalue weighted by Crippen LogP contribution is 2.25. The van der Waals surface area contributed by atoms with Crippen molar-refractivity contribution in [2.45, 2.75) is 6.17 Å². The van der Waals surface area contributed by atoms with Gasteiger partial charge in [0.25, 0.3) is 11.8 Å². The van der Waals surface area contributed by atoms with Crippen LogP contribution in [0.5, 0.6) is 0 Å². The summed E-state index contributed by atoms with van der Waals surface area (Å²) < 4.78 is 11.0. The second-order valence-corrected chi connectivity index (χ2v) is 8.03. The summed E-state index contributed by atoms with van der Waals surface area (Å²) in [6.07, 6.45) is 5.84. The van der Waals surface area contributed by atoms with Gasteiger partial charge in [0.05, 0.1) is 24.2 Å². The topological polar surface area (TPSA) is 142 Å². The Bertz CT molecular complexity index is 1420. The Balaban J connectivity index is 1.46. The second-order valence-electron chi connectivity index (χ2n) is 8.03. The molecular formula is C26H24N7O3+. The zero-order chi connectivity index (χ0) is 24.9. The number of nitrogens with one attached hydrogen (secondary N) is 3. The number of quaternary nitrogens is 1. The molecule has 2 aliphatic rings. The highest BCUT2D eigenvalue weighted by molar-refractivity contribution is 6.19. The molecule has 3 heterocycles. The molecule has 1 aromatic heterocycles. The van der Waals surface area contributed by atoms with Gasteiger partial charge < -0.3 is 25.2 Å². The Labute approximate surface area is 207 Å². The summed E-state index contributed by atoms with van der Waals surface area (Å²) in [6, 6.07) is 17.2. The number of aliphatic imine (C=N–C) groups is 1. The SMILES string of the molecule is COCC1=CC(=C(C=N)c2nnc(NC3N=C(c4ccccc4)c4ccccc4NC3=O)o2)[NH2+]C=C1. The summed E-state index contributed by atoms with van der Waals surface area (Å²) in [7, 11) is 1.62. The number of hydrogen-bond acceptors (Lipinski definition) is 8. The van der Waals surface area contributed by atoms with Gasteiger partial charge in [0.15, 0.2) is 0 Å². The summed E-state index contributed by atoms with van der Waals surface area (Å²) in [6.45, 7) is 0.441. The quantitative estimate of drug-likeness (QED) is 0.381. The number of allylic oxidation sites excluding steroid dienone is 2. The zero-order valence-electron chi connectivity index (χ0n) is 19.4. The maximum absolute atomic E-state index is 13.1. The summed E-state index contributed by atoms with van der Waals surface area (Å²) in [5.74, 6) is -0.219. The van der Waals surface area contributed by atoms with E-state index in [1.54, 1.807) is 7.11 Å². The second kappa shape index (κ2) is 10.3. The molecular weight excluding hydrogens is 458 g/mol. The molecule has 2 aromatic carbocycles. The molecule has 1 atom stereocenters. The number of rotatable bonds is 7. The van der Waals surface area contributed by atoms with Gasteiger partial charge in [-0.1, -0.05) is 53.6 Å². The van der Waals surface area contributed by atoms with Crippen molar-refractivity contribution in [2.24, 2.45) is 4.99 Å². The van der Waals surface area contributed by atoms with Crippen LogP contribution in [0.15, 0.2) is 93.6 Å². The van der Waals surface area contributed by atoms with Gasteiger partial charge >= 0.3 is 6.01 Å². The lowest BCUT2D eigenvalue weighted by molar-refractivity contribution is -0.529. The van der Waals surface area contributed by atoms with Crippen LogP contribution in [0.3, 0.4) is 0 Å². The lowest BCUT2D eigenvalue weighted by atomic mass is 10.0. The van der Waals surface area contributed by atoms with E-state index in [0.717, 1.165) is 28.6 Å². The fraction of sp³-hybridized carbons (Fsp3) is 0.115. The molecule has 1 unspecified atom stereocenters. The van der Waals surface area contributed by atoms with Gasteiger partial charge in [0.1, 0.15) is 11.3 Å². The Morgan fingerprint density at radius 3 is 2.81 bits per heavy atom. The van der Waals surface area contributed by atoms with Gasteiger partial charge in [-0.25, -0.2) is 4.99 Å². The number of benzene rings is 2. The van der Waals surface area contributed by atoms with Gasteiger partial charge in [0, 0.05) is 30.5 Å². The molecule has 0 saturated carbocycles. The minimum atomic E-state index is -1.02. The number of carbonyl (C=O) groups excluding carboxylic acids is 1. The molecule has 180 valence electrons. The van der Waals surface area contributed by atoms with Crippen molar-refractivity contribution in [3.05, 3.63) is 101 Å². The molecule has 3 aromatic rings. The van der Waals surface area contributed by atoms with Gasteiger partial charge in [-0.3, -0.25) is 10.1 Å². The van der Waals surface area contributed by atoms with Crippen LogP contribution >= 0.6 is 0 Å². The van der Waals surface area contributed by atoms with Crippen LogP contribution in [-0.4, -0.2) is 47.9 Å². The number of para-hydroxylation sites is 1. The molecule has 10 nitrogen and oxygen atoms in total. The zero-order valence-corrected chi connectivity index (χ0v) is 19.4. The molecule has 0 saturated heterocycles. The molecule has 5 N–H and O–H groups in total. The predicted molar refractivity (Wildman–Crippen MR) is 136 cm³/mol. The van der Waals surface area contributed by atoms with E-state index in [1.165, 1.54) is 0 Å². The number of anilines is 2. The molecule has 0 radical (unpaired) electrons. The fourth-order valence-electron chi connectivity index (χ4n) is 3.95. The molecule has 0 aliphatic carbocycles. The smallest absolute Gasteiger partial charge is 0.317 e. The van der Waals surface area contributed by atoms with Crippen LogP contribution in [-0.2, 0) is 9.53 Å². The lowest BCUT2D eigenvalue weighted by Crippen LogP contribution is -2.76. The fourth-order valence-corrected chi connectivity index (χ4v) is 3.95. The minimum Gasteiger partial charge on any atom is -0.403 e. The van der Waals surface area contributed by atoms with E-state index in [2.05, 4.69) is 20.8 Å². The van der Waals surface area contributed by atoms with Crippen LogP contribution in [0.2, 0.25) is 0 Å². The Hall–Kier alpha value is -4.67. The third-order valence-corrected chi connectivity index (χ3v) is 5.60. The van der Waals surface area contributed by atoms with E-state index < -0.39 is 6.17 Å². The van der Waals surface area contributed by atoms with Crippen molar-refractivity contribution in [3.63, 3.8) is 0 Å². The lowest BCUT2D eigenvalue weighted by Gasteiger charge is -2.11. The average Bonchev–Trinajstić information content (AvgIpc) is 3.31. The van der Waals surface area contributed by atoms with E-state index in [4.69, 9.17) is 19.6 Å². The number of fused-ring (bicyclic) bond motifs is 1. The summed E-state index contributed by atoms with van der Waals surface area (Å²) in [4.78, 5) is 17.8. The number of aromatic nitrogens is 2. The summed E-state index contributed by atoms with van der Waals surface area (Å²) in [5.41, 5.74) is 5.13. The normalized spacial score (nSPS) is 18.4. The van der Waals surface area contributed by atoms with Gasteiger partial charge in [-0.15, -0.1) is 5.10 Å². The van der Waals surface area contributed by atoms with E-state index in [1.807, 2.05) is 78.3 Å². The van der Waals surface area contributed by atoms with Crippen molar-refractivity contribution in [3.8, 4) is 0 Å². The number of hydrogen-bond donors (Lipinski definition) is 4. The number of methoxy groups -OCH3 is 1. The van der Waals surface area contributed by atoms with Crippen LogP contribution in [0.25, 0.3) is 5.57 Å². The molecule has 5 rings (SSSR count). The third-order valence-electron chi connectivity index (χ3n) is 5.60. The number of nitrogens with two attached hydrogens (primary N) is 1. The predicted octanol–water partition coefficient (Wildman–Crippen LogP) is 2.32. The van der Waals surface area contributed by atoms with E-state index in [-0.39, 0.29) is 17.8 Å². The van der Waals surface area contributed by atoms with Crippen LogP contribution in [0.4, 0.5) is 11.7 Å². The Kier molecular flexibility index (Phi) is 6.61. The number of nitrogens with zero attached hydrogens (tertiary/aromatic N) is 3. The van der Waals surface area contributed by atoms with E-state index >= 15 is 0 Å². The molecule has 2 aliphatic heterocycles. The maximum Gasteiger partial charge on any atom is 0.317 e. The third kappa shape index (κ3) is 4.76. The first-order chi connectivity index (χ1) is 17.7. The van der Waals surface area contributed by atoms with Gasteiger partial charge in [-0.05, 0) is 17.7 Å². The molecule has 36 heavy (non-hydrogen) atoms. The Morgan fingerprint density at radius 2 is 2.00 bits per heavy atom. The average molecular weight is 483 g/mol. The van der Waals surface area contributed by atoms with Gasteiger partial charge in [0.2, 0.25) is 6.17 Å². The van der Waals surface area contributed by atoms with Gasteiger partial charge in [-0.2, -0.15) is 0 Å². The number of carbonyl (C=O) groups is 1. The highest BCUT2D eigenvalue weighted by atomic mass is 16.5. The van der Waals surface area contributed by atoms with Crippen molar-refractivity contribution in [2.75, 3.05) is 24.4 Å². The molecule has 0 bridgehead atoms. The van der Waals surface area contributed by atoms with Crippen LogP contribution < -0.4 is 16.0 Å². The van der Waals surface area contributed by atoms with Crippen molar-refractivity contribution in [1.29, 1.82) is 5.41 Å². The van der Waals surface area contributed by atoms with Crippen molar-refractivity contribution < 1.29 is 19.3 Å². The minimum absolute atomic E-state index is 0.0136. The first kappa shape index (κ1) is 23.1. The number of benzodiazepines with no additional fused rings is 1. The van der Waals surface area contributed by atoms with Crippen LogP contribution in [0, 0.1) is 5.41 Å². The van der Waals surface area contributed by atoms with Crippen molar-refractivity contribution in [1.82, 2.24) is 10.2 Å². The largest absolute Gasteiger partial charge is 0.403 e. The molecule has 0 fully saturated rings. The van der Waals surface area contributed by atoms with E-state index in [0.29, 0.717) is 23.6 Å². The molecule has 10 heteroatoms. The first-order valence-electron chi connectivity index (χ1n) is 11.3. The molecule has 0 spiro atoms. The summed E-state index contributed by atoms with van der Waals surface area (Å²) in [5, 5.41) is 23.7. The maximum atomic E-state index is 13.1. The van der Waals surface area contributed by atoms with E-state index in [9.17, 15) is 4.79 Å². The summed E-state index contributed by atoms with van der Waals surface area (Å²) >= 11 is 0. The van der Waals surface area contributed by atoms with Crippen LogP contribution in [0.1, 0.15) is 17.0 Å². The molecule has 1 amide bonds. The highest BCUT2D eigenvalue weighted by Gasteiger charge is 2.27. The first-order valence-corrected chi connectivity index (χ1v) is 11.3. The standard InChI is InChI=1S/C26H23N7O3/c1-35-15-16-11-12-28-21(13-16)19(14-27)25-32-33-26(36-25)31-23-24(34)29-20-10-6-5-9-18(20)22(30-23)17-7-3-2-4-8-17/h2-14,23,27-28H,15H2,1H3,(H,29,34)(H,31,33)/p+1. The van der Waals surface area contributed by atoms with Crippen molar-refractivity contribution >= 4 is 35.1 Å². The number of ether oxygens (including phenoxy) is 1.